The van der Waals surface area contributed by atoms with Gasteiger partial charge in [0, 0.05) is 0 Å². The Kier molecular flexibility index (Phi) is 9.87. The molecule has 0 amide bonds. The van der Waals surface area contributed by atoms with E-state index < -0.39 is 26.8 Å². The van der Waals surface area contributed by atoms with E-state index in [4.69, 9.17) is 0 Å². The molecule has 0 nitrogen and oxygen atoms in total. The van der Waals surface area contributed by atoms with Crippen LogP contribution in [-0.4, -0.2) is 5.92 Å². The maximum absolute atomic E-state index is 2.49. The number of hydrogen-bond acceptors (Lipinski definition) is 0. The summed E-state index contributed by atoms with van der Waals surface area (Å²) in [5, 5.41) is 0. The molecule has 0 saturated carbocycles. The van der Waals surface area contributed by atoms with Gasteiger partial charge in [-0.05, 0) is 0 Å². The van der Waals surface area contributed by atoms with E-state index in [1.54, 1.807) is 0 Å². The largest absolute Gasteiger partial charge is 1.00 e. The van der Waals surface area contributed by atoms with Crippen LogP contribution in [0.2, 0.25) is 19.3 Å². The van der Waals surface area contributed by atoms with E-state index in [-0.39, 0.29) is 24.8 Å². The van der Waals surface area contributed by atoms with Gasteiger partial charge < -0.3 is 24.8 Å². The first kappa shape index (κ1) is 18.6. The van der Waals surface area contributed by atoms with Crippen molar-refractivity contribution in [2.45, 2.75) is 33.2 Å². The molecule has 0 radical (unpaired) electrons. The molecule has 0 aromatic rings. The molecule has 99 valence electrons. The van der Waals surface area contributed by atoms with Gasteiger partial charge in [0.1, 0.15) is 0 Å². The predicted octanol–water partition coefficient (Wildman–Crippen LogP) is -1.79. The second kappa shape index (κ2) is 9.53. The van der Waals surface area contributed by atoms with E-state index in [9.17, 15) is 0 Å². The molecule has 0 atom stereocenters. The van der Waals surface area contributed by atoms with E-state index in [1.165, 1.54) is 12.1 Å². The zero-order chi connectivity index (χ0) is 11.4. The van der Waals surface area contributed by atoms with Gasteiger partial charge in [0.25, 0.3) is 0 Å². The Morgan fingerprint density at radius 3 is 1.39 bits per heavy atom. The minimum Gasteiger partial charge on any atom is -1.00 e. The monoisotopic (exact) mass is 377 g/mol. The third-order valence-corrected chi connectivity index (χ3v) is 29.8. The van der Waals surface area contributed by atoms with Crippen LogP contribution in [-0.2, 0) is 20.9 Å². The van der Waals surface area contributed by atoms with Crippen LogP contribution in [0.4, 0.5) is 0 Å². The Bertz CT molecular complexity index is 294. The Labute approximate surface area is 132 Å². The first-order valence-corrected chi connectivity index (χ1v) is 15.7. The number of rotatable bonds is 5. The molecule has 0 heterocycles. The Hall–Kier alpha value is 0.640. The molecule has 0 fully saturated rings. The summed E-state index contributed by atoms with van der Waals surface area (Å²) < 4.78 is 1.80. The quantitative estimate of drug-likeness (QED) is 0.495. The van der Waals surface area contributed by atoms with Crippen molar-refractivity contribution in [3.63, 3.8) is 0 Å². The van der Waals surface area contributed by atoms with Gasteiger partial charge in [-0.3, -0.25) is 0 Å². The molecule has 0 aromatic carbocycles. The van der Waals surface area contributed by atoms with E-state index in [0.29, 0.717) is 0 Å². The average molecular weight is 380 g/mol. The summed E-state index contributed by atoms with van der Waals surface area (Å²) in [5.41, 5.74) is 0. The fourth-order valence-electron chi connectivity index (χ4n) is 2.83. The van der Waals surface area contributed by atoms with Crippen LogP contribution in [0.5, 0.6) is 0 Å². The summed E-state index contributed by atoms with van der Waals surface area (Å²) in [7, 11) is 0. The third-order valence-electron chi connectivity index (χ3n) is 3.72. The Morgan fingerprint density at radius 2 is 1.11 bits per heavy atom. The molecule has 0 saturated heterocycles. The van der Waals surface area contributed by atoms with Gasteiger partial charge in [-0.1, -0.05) is 0 Å². The van der Waals surface area contributed by atoms with Gasteiger partial charge >= 0.3 is 109 Å². The van der Waals surface area contributed by atoms with E-state index in [0.717, 1.165) is 7.25 Å². The summed E-state index contributed by atoms with van der Waals surface area (Å²) in [6.07, 6.45) is 19.0. The Morgan fingerprint density at radius 1 is 0.778 bits per heavy atom. The van der Waals surface area contributed by atoms with Gasteiger partial charge in [0.05, 0.1) is 0 Å². The maximum atomic E-state index is 2.49. The first-order valence-electron chi connectivity index (χ1n) is 6.43. The van der Waals surface area contributed by atoms with Gasteiger partial charge in [-0.25, -0.2) is 0 Å². The summed E-state index contributed by atoms with van der Waals surface area (Å²) >= 11 is -1.31. The van der Waals surface area contributed by atoms with Crippen LogP contribution in [0.15, 0.2) is 48.6 Å². The van der Waals surface area contributed by atoms with Crippen LogP contribution < -0.4 is 24.8 Å². The van der Waals surface area contributed by atoms with Crippen molar-refractivity contribution < 1.29 is 45.7 Å². The molecule has 2 aliphatic rings. The van der Waals surface area contributed by atoms with Crippen molar-refractivity contribution in [3.05, 3.63) is 48.6 Å². The van der Waals surface area contributed by atoms with Crippen LogP contribution in [0, 0.1) is 0 Å². The summed E-state index contributed by atoms with van der Waals surface area (Å²) in [6, 6.07) is 3.03. The molecule has 0 aromatic heterocycles. The molecule has 0 aliphatic heterocycles. The SMILES string of the molecule is CC[SiH](CC)[Zr+2]([CH]1C=CC=C1)[CH]1C=CC=C1.[Cl-].[Cl-]. The topological polar surface area (TPSA) is 0 Å². The average Bonchev–Trinajstić information content (AvgIpc) is 2.98. The first-order chi connectivity index (χ1) is 7.86. The van der Waals surface area contributed by atoms with Gasteiger partial charge in [0.2, 0.25) is 0 Å². The Balaban J connectivity index is 0.00000144. The molecule has 4 heteroatoms. The normalized spacial score (nSPS) is 17.3. The van der Waals surface area contributed by atoms with E-state index in [1.807, 2.05) is 0 Å². The number of hydrogen-bond donors (Lipinski definition) is 0. The van der Waals surface area contributed by atoms with Gasteiger partial charge in [-0.2, -0.15) is 0 Å². The number of halogens is 2. The molecule has 0 spiro atoms. The molecular weight excluding hydrogens is 358 g/mol. The zero-order valence-corrected chi connectivity index (χ0v) is 16.1. The van der Waals surface area contributed by atoms with Crippen molar-refractivity contribution in [3.8, 4) is 0 Å². The zero-order valence-electron chi connectivity index (χ0n) is 11.0. The molecule has 18 heavy (non-hydrogen) atoms. The molecule has 2 aliphatic carbocycles. The van der Waals surface area contributed by atoms with Crippen molar-refractivity contribution in [2.24, 2.45) is 0 Å². The van der Waals surface area contributed by atoms with Crippen LogP contribution in [0.3, 0.4) is 0 Å². The van der Waals surface area contributed by atoms with Crippen LogP contribution in [0.1, 0.15) is 13.8 Å². The molecular formula is C14H21Cl2SiZr. The summed E-state index contributed by atoms with van der Waals surface area (Å²) in [4.78, 5) is 0. The molecule has 2 rings (SSSR count). The van der Waals surface area contributed by atoms with Gasteiger partial charge in [-0.15, -0.1) is 0 Å². The van der Waals surface area contributed by atoms with Crippen LogP contribution >= 0.6 is 0 Å². The standard InChI is InChI=1S/2C5H5.C4H11Si.2ClH.Zr/c2*1-2-4-5-3-1;1-3-5-4-2;;;/h2*1-5H;5H,3-4H2,1-2H3;2*1H;/q;;;;;+2/p-2. The van der Waals surface area contributed by atoms with Crippen molar-refractivity contribution in [1.82, 2.24) is 0 Å². The summed E-state index contributed by atoms with van der Waals surface area (Å²) in [5.74, 6) is -0.422. The second-order valence-corrected chi connectivity index (χ2v) is 23.3. The molecule has 0 unspecified atom stereocenters. The third kappa shape index (κ3) is 4.34. The van der Waals surface area contributed by atoms with Crippen molar-refractivity contribution >= 4 is 5.92 Å². The summed E-state index contributed by atoms with van der Waals surface area (Å²) in [6.45, 7) is 4.87. The molecule has 0 bridgehead atoms. The minimum atomic E-state index is -1.31. The second-order valence-electron chi connectivity index (χ2n) is 4.60. The van der Waals surface area contributed by atoms with Crippen LogP contribution in [0.25, 0.3) is 0 Å². The smallest absolute Gasteiger partial charge is 1.00 e. The van der Waals surface area contributed by atoms with E-state index >= 15 is 0 Å². The van der Waals surface area contributed by atoms with Crippen molar-refractivity contribution in [2.75, 3.05) is 0 Å². The van der Waals surface area contributed by atoms with Gasteiger partial charge in [0.15, 0.2) is 0 Å². The van der Waals surface area contributed by atoms with E-state index in [2.05, 4.69) is 62.5 Å². The fourth-order valence-corrected chi connectivity index (χ4v) is 27.4. The fraction of sp³-hybridized carbons (Fsp3) is 0.429. The van der Waals surface area contributed by atoms with Crippen molar-refractivity contribution in [1.29, 1.82) is 0 Å². The predicted molar refractivity (Wildman–Crippen MR) is 72.2 cm³/mol. The minimum absolute atomic E-state index is 0. The molecule has 0 N–H and O–H groups in total. The number of allylic oxidation sites excluding steroid dienone is 8. The maximum Gasteiger partial charge on any atom is -1.00 e.